The highest BCUT2D eigenvalue weighted by atomic mass is 32.2. The fourth-order valence-corrected chi connectivity index (χ4v) is 5.63. The molecule has 1 saturated heterocycles. The van der Waals surface area contributed by atoms with Crippen LogP contribution in [0.15, 0.2) is 0 Å². The second-order valence-corrected chi connectivity index (χ2v) is 8.45. The van der Waals surface area contributed by atoms with E-state index in [2.05, 4.69) is 0 Å². The zero-order valence-electron chi connectivity index (χ0n) is 11.5. The van der Waals surface area contributed by atoms with E-state index in [1.807, 2.05) is 20.8 Å². The number of carbonyl (C=O) groups is 1. The lowest BCUT2D eigenvalue weighted by atomic mass is 9.70. The van der Waals surface area contributed by atoms with Crippen molar-refractivity contribution in [3.05, 3.63) is 0 Å². The Balaban J connectivity index is 1.87. The maximum Gasteiger partial charge on any atom is 0.277 e. The first-order valence-corrected chi connectivity index (χ1v) is 8.21. The Bertz CT molecular complexity index is 519. The predicted octanol–water partition coefficient (Wildman–Crippen LogP) is 1.13. The lowest BCUT2D eigenvalue weighted by molar-refractivity contribution is -0.128. The molecule has 3 rings (SSSR count). The van der Waals surface area contributed by atoms with Gasteiger partial charge in [-0.2, -0.15) is 8.42 Å². The Labute approximate surface area is 113 Å². The van der Waals surface area contributed by atoms with Gasteiger partial charge in [-0.3, -0.25) is 8.98 Å². The van der Waals surface area contributed by atoms with Crippen LogP contribution in [-0.2, 0) is 23.8 Å². The number of epoxide rings is 1. The normalized spacial score (nSPS) is 43.7. The Morgan fingerprint density at radius 2 is 2.00 bits per heavy atom. The van der Waals surface area contributed by atoms with Crippen LogP contribution in [0, 0.1) is 16.7 Å². The van der Waals surface area contributed by atoms with E-state index in [1.54, 1.807) is 0 Å². The molecule has 0 amide bonds. The molecular weight excluding hydrogens is 268 g/mol. The van der Waals surface area contributed by atoms with Crippen LogP contribution in [0.4, 0.5) is 0 Å². The molecule has 4 atom stereocenters. The van der Waals surface area contributed by atoms with E-state index in [1.165, 1.54) is 0 Å². The highest BCUT2D eigenvalue weighted by Crippen LogP contribution is 2.65. The highest BCUT2D eigenvalue weighted by Gasteiger charge is 2.69. The molecule has 3 aliphatic rings. The topological polar surface area (TPSA) is 73.0 Å². The highest BCUT2D eigenvalue weighted by molar-refractivity contribution is 7.88. The van der Waals surface area contributed by atoms with Gasteiger partial charge in [0, 0.05) is 5.41 Å². The minimum absolute atomic E-state index is 0.0377. The molecular formula is C13H20O5S. The largest absolute Gasteiger partial charge is 0.371 e. The summed E-state index contributed by atoms with van der Waals surface area (Å²) >= 11 is 0. The molecule has 5 nitrogen and oxygen atoms in total. The van der Waals surface area contributed by atoms with Crippen molar-refractivity contribution in [1.82, 2.24) is 0 Å². The second kappa shape index (κ2) is 3.80. The Hall–Kier alpha value is -0.460. The van der Waals surface area contributed by atoms with E-state index < -0.39 is 20.8 Å². The summed E-state index contributed by atoms with van der Waals surface area (Å²) in [5.41, 5.74) is -0.809. The van der Waals surface area contributed by atoms with Crippen molar-refractivity contribution in [3.63, 3.8) is 0 Å². The monoisotopic (exact) mass is 288 g/mol. The number of rotatable bonds is 4. The van der Waals surface area contributed by atoms with E-state index in [4.69, 9.17) is 8.92 Å². The second-order valence-electron chi connectivity index (χ2n) is 6.72. The molecule has 1 heterocycles. The zero-order valence-corrected chi connectivity index (χ0v) is 12.3. The van der Waals surface area contributed by atoms with Crippen LogP contribution in [0.5, 0.6) is 0 Å². The number of hydrogen-bond acceptors (Lipinski definition) is 5. The third-order valence-electron chi connectivity index (χ3n) is 5.60. The van der Waals surface area contributed by atoms with Crippen molar-refractivity contribution < 1.29 is 22.1 Å². The van der Waals surface area contributed by atoms with Crippen LogP contribution < -0.4 is 0 Å². The number of hydrogen-bond donors (Lipinski definition) is 0. The van der Waals surface area contributed by atoms with Crippen molar-refractivity contribution in [2.45, 2.75) is 45.0 Å². The fraction of sp³-hybridized carbons (Fsp3) is 0.923. The van der Waals surface area contributed by atoms with Gasteiger partial charge in [0.2, 0.25) is 0 Å². The molecule has 0 aromatic rings. The van der Waals surface area contributed by atoms with Crippen molar-refractivity contribution >= 4 is 15.9 Å². The van der Waals surface area contributed by atoms with E-state index in [0.717, 1.165) is 12.8 Å². The third kappa shape index (κ3) is 1.73. The Morgan fingerprint density at radius 1 is 1.37 bits per heavy atom. The molecule has 4 unspecified atom stereocenters. The fourth-order valence-electron chi connectivity index (χ4n) is 3.74. The minimum atomic E-state index is -3.83. The van der Waals surface area contributed by atoms with Crippen molar-refractivity contribution in [1.29, 1.82) is 0 Å². The SMILES string of the molecule is CC12CCC(C(S(=O)(=O)OCC3CO3)C1=O)C2(C)C. The van der Waals surface area contributed by atoms with Crippen LogP contribution >= 0.6 is 0 Å². The quantitative estimate of drug-likeness (QED) is 0.572. The van der Waals surface area contributed by atoms with Crippen LogP contribution in [0.1, 0.15) is 33.6 Å². The van der Waals surface area contributed by atoms with Crippen LogP contribution in [0.25, 0.3) is 0 Å². The summed E-state index contributed by atoms with van der Waals surface area (Å²) in [6.45, 7) is 6.48. The van der Waals surface area contributed by atoms with Gasteiger partial charge in [-0.1, -0.05) is 20.8 Å². The number of ether oxygens (including phenoxy) is 1. The molecule has 19 heavy (non-hydrogen) atoms. The number of ketones is 1. The van der Waals surface area contributed by atoms with Crippen LogP contribution in [-0.4, -0.2) is 38.8 Å². The molecule has 0 spiro atoms. The lowest BCUT2D eigenvalue weighted by Gasteiger charge is -2.32. The molecule has 1 aliphatic heterocycles. The van der Waals surface area contributed by atoms with Gasteiger partial charge < -0.3 is 4.74 Å². The smallest absolute Gasteiger partial charge is 0.277 e. The van der Waals surface area contributed by atoms with Gasteiger partial charge in [-0.15, -0.1) is 0 Å². The maximum absolute atomic E-state index is 12.5. The standard InChI is InChI=1S/C13H20O5S/c1-12(2)9-4-5-13(12,3)11(14)10(9)19(15,16)18-7-8-6-17-8/h8-10H,4-7H2,1-3H3. The Kier molecular flexibility index (Phi) is 2.70. The summed E-state index contributed by atoms with van der Waals surface area (Å²) in [5.74, 6) is -0.291. The van der Waals surface area contributed by atoms with Crippen LogP contribution in [0.3, 0.4) is 0 Å². The predicted molar refractivity (Wildman–Crippen MR) is 68.0 cm³/mol. The first-order chi connectivity index (χ1) is 8.70. The van der Waals surface area contributed by atoms with Gasteiger partial charge in [0.05, 0.1) is 13.2 Å². The summed E-state index contributed by atoms with van der Waals surface area (Å²) in [4.78, 5) is 12.5. The first-order valence-electron chi connectivity index (χ1n) is 6.74. The summed E-state index contributed by atoms with van der Waals surface area (Å²) in [6, 6.07) is 0. The Morgan fingerprint density at radius 3 is 2.47 bits per heavy atom. The maximum atomic E-state index is 12.5. The number of carbonyl (C=O) groups excluding carboxylic acids is 1. The minimum Gasteiger partial charge on any atom is -0.371 e. The van der Waals surface area contributed by atoms with Crippen molar-refractivity contribution in [2.75, 3.05) is 13.2 Å². The summed E-state index contributed by atoms with van der Waals surface area (Å²) in [7, 11) is -3.83. The summed E-state index contributed by atoms with van der Waals surface area (Å²) < 4.78 is 34.6. The summed E-state index contributed by atoms with van der Waals surface area (Å²) in [5, 5.41) is -0.986. The molecule has 0 radical (unpaired) electrons. The van der Waals surface area contributed by atoms with Gasteiger partial charge in [0.1, 0.15) is 11.4 Å². The zero-order chi connectivity index (χ0) is 14.1. The van der Waals surface area contributed by atoms with Crippen molar-refractivity contribution in [3.8, 4) is 0 Å². The molecule has 108 valence electrons. The molecule has 6 heteroatoms. The molecule has 0 aromatic heterocycles. The third-order valence-corrected chi connectivity index (χ3v) is 7.23. The lowest BCUT2D eigenvalue weighted by Crippen LogP contribution is -2.40. The first kappa shape index (κ1) is 13.5. The van der Waals surface area contributed by atoms with Crippen molar-refractivity contribution in [2.24, 2.45) is 16.7 Å². The van der Waals surface area contributed by atoms with Gasteiger partial charge in [0.15, 0.2) is 5.78 Å². The molecule has 2 aliphatic carbocycles. The average Bonchev–Trinajstić information content (AvgIpc) is 3.07. The molecule has 2 saturated carbocycles. The van der Waals surface area contributed by atoms with Gasteiger partial charge in [0.25, 0.3) is 10.1 Å². The average molecular weight is 288 g/mol. The molecule has 2 bridgehead atoms. The van der Waals surface area contributed by atoms with Gasteiger partial charge in [-0.25, -0.2) is 0 Å². The van der Waals surface area contributed by atoms with E-state index in [-0.39, 0.29) is 29.8 Å². The molecule has 3 fully saturated rings. The van der Waals surface area contributed by atoms with E-state index in [0.29, 0.717) is 6.61 Å². The van der Waals surface area contributed by atoms with E-state index >= 15 is 0 Å². The number of fused-ring (bicyclic) bond motifs is 2. The summed E-state index contributed by atoms with van der Waals surface area (Å²) in [6.07, 6.45) is 1.44. The van der Waals surface area contributed by atoms with Crippen LogP contribution in [0.2, 0.25) is 0 Å². The number of Topliss-reactive ketones (excluding diaryl/α,β-unsaturated/α-hetero) is 1. The van der Waals surface area contributed by atoms with Gasteiger partial charge >= 0.3 is 0 Å². The van der Waals surface area contributed by atoms with E-state index in [9.17, 15) is 13.2 Å². The van der Waals surface area contributed by atoms with Gasteiger partial charge in [-0.05, 0) is 24.2 Å². The molecule has 0 aromatic carbocycles. The molecule has 0 N–H and O–H groups in total.